The van der Waals surface area contributed by atoms with Crippen LogP contribution in [0.3, 0.4) is 0 Å². The fourth-order valence-electron chi connectivity index (χ4n) is 2.33. The molecule has 0 aliphatic rings. The molecule has 0 bridgehead atoms. The first-order valence-corrected chi connectivity index (χ1v) is 9.80. The second kappa shape index (κ2) is 8.34. The predicted octanol–water partition coefficient (Wildman–Crippen LogP) is 4.70. The smallest absolute Gasteiger partial charge is 0.324 e. The van der Waals surface area contributed by atoms with Crippen LogP contribution in [0.2, 0.25) is 5.02 Å². The Kier molecular flexibility index (Phi) is 6.56. The summed E-state index contributed by atoms with van der Waals surface area (Å²) in [6.07, 6.45) is -9.79. The Balaban J connectivity index is 2.35. The SMILES string of the molecule is O=C(CS(=O)(=O)c1ccc(C(F)(F)F)cc1[N+](=O)[O-])Nc1cc(C(F)(F)F)ccc1Cl. The predicted molar refractivity (Wildman–Crippen MR) is 95.2 cm³/mol. The number of rotatable bonds is 5. The third-order valence-corrected chi connectivity index (χ3v) is 5.69. The molecule has 0 heterocycles. The largest absolute Gasteiger partial charge is 0.416 e. The van der Waals surface area contributed by atoms with Crippen molar-refractivity contribution in [1.82, 2.24) is 0 Å². The van der Waals surface area contributed by atoms with E-state index in [9.17, 15) is 49.7 Å². The first-order valence-electron chi connectivity index (χ1n) is 7.77. The second-order valence-electron chi connectivity index (χ2n) is 5.94. The molecule has 0 saturated carbocycles. The molecule has 1 N–H and O–H groups in total. The zero-order valence-electron chi connectivity index (χ0n) is 14.7. The lowest BCUT2D eigenvalue weighted by Gasteiger charge is -2.12. The Hall–Kier alpha value is -2.87. The molecule has 7 nitrogen and oxygen atoms in total. The number of hydrogen-bond acceptors (Lipinski definition) is 5. The molecule has 2 aromatic carbocycles. The quantitative estimate of drug-likeness (QED) is 0.371. The first-order chi connectivity index (χ1) is 14.0. The van der Waals surface area contributed by atoms with Gasteiger partial charge < -0.3 is 5.32 Å². The van der Waals surface area contributed by atoms with Gasteiger partial charge in [0.25, 0.3) is 5.69 Å². The highest BCUT2D eigenvalue weighted by molar-refractivity contribution is 7.92. The number of anilines is 1. The number of nitrogens with one attached hydrogen (secondary N) is 1. The van der Waals surface area contributed by atoms with Crippen LogP contribution in [-0.2, 0) is 27.0 Å². The third kappa shape index (κ3) is 5.85. The van der Waals surface area contributed by atoms with Crippen LogP contribution in [0.1, 0.15) is 11.1 Å². The highest BCUT2D eigenvalue weighted by atomic mass is 35.5. The van der Waals surface area contributed by atoms with Crippen LogP contribution in [0.5, 0.6) is 0 Å². The first kappa shape index (κ1) is 24.4. The van der Waals surface area contributed by atoms with Crippen molar-refractivity contribution >= 4 is 38.7 Å². The fourth-order valence-corrected chi connectivity index (χ4v) is 3.80. The lowest BCUT2D eigenvalue weighted by molar-refractivity contribution is -0.388. The number of alkyl halides is 6. The van der Waals surface area contributed by atoms with E-state index in [4.69, 9.17) is 11.6 Å². The Bertz CT molecular complexity index is 1150. The van der Waals surface area contributed by atoms with E-state index in [0.29, 0.717) is 18.2 Å². The van der Waals surface area contributed by atoms with Crippen LogP contribution in [0.4, 0.5) is 37.7 Å². The molecule has 31 heavy (non-hydrogen) atoms. The minimum absolute atomic E-state index is 0.00550. The van der Waals surface area contributed by atoms with Crippen molar-refractivity contribution in [2.45, 2.75) is 17.2 Å². The maximum atomic E-state index is 12.8. The molecule has 15 heteroatoms. The molecule has 0 aliphatic heterocycles. The molecular formula is C16H9ClF6N2O5S. The van der Waals surface area contributed by atoms with Crippen LogP contribution >= 0.6 is 11.6 Å². The zero-order valence-corrected chi connectivity index (χ0v) is 16.3. The van der Waals surface area contributed by atoms with Gasteiger partial charge in [-0.25, -0.2) is 8.42 Å². The van der Waals surface area contributed by atoms with Gasteiger partial charge in [-0.05, 0) is 30.3 Å². The number of hydrogen-bond donors (Lipinski definition) is 1. The molecule has 168 valence electrons. The van der Waals surface area contributed by atoms with Crippen LogP contribution < -0.4 is 5.32 Å². The summed E-state index contributed by atoms with van der Waals surface area (Å²) in [6.45, 7) is 0. The number of halogens is 7. The van der Waals surface area contributed by atoms with Gasteiger partial charge in [0, 0.05) is 6.07 Å². The lowest BCUT2D eigenvalue weighted by atomic mass is 10.2. The van der Waals surface area contributed by atoms with E-state index in [1.165, 1.54) is 0 Å². The van der Waals surface area contributed by atoms with Gasteiger partial charge in [0.2, 0.25) is 5.91 Å². The molecule has 1 amide bonds. The summed E-state index contributed by atoms with van der Waals surface area (Å²) >= 11 is 5.68. The Morgan fingerprint density at radius 2 is 1.52 bits per heavy atom. The summed E-state index contributed by atoms with van der Waals surface area (Å²) in [5, 5.41) is 12.5. The molecule has 0 fully saturated rings. The molecule has 0 atom stereocenters. The fraction of sp³-hybridized carbons (Fsp3) is 0.188. The number of carbonyl (C=O) groups is 1. The number of nitro groups is 1. The van der Waals surface area contributed by atoms with Crippen molar-refractivity contribution < 1.29 is 44.5 Å². The molecule has 0 aromatic heterocycles. The van der Waals surface area contributed by atoms with Crippen molar-refractivity contribution in [1.29, 1.82) is 0 Å². The highest BCUT2D eigenvalue weighted by Gasteiger charge is 2.36. The average molecular weight is 491 g/mol. The topological polar surface area (TPSA) is 106 Å². The van der Waals surface area contributed by atoms with Gasteiger partial charge >= 0.3 is 12.4 Å². The molecule has 2 rings (SSSR count). The maximum Gasteiger partial charge on any atom is 0.416 e. The summed E-state index contributed by atoms with van der Waals surface area (Å²) in [5.41, 5.74) is -4.69. The Morgan fingerprint density at radius 1 is 1.00 bits per heavy atom. The number of benzene rings is 2. The normalized spacial score (nSPS) is 12.5. The second-order valence-corrected chi connectivity index (χ2v) is 8.30. The van der Waals surface area contributed by atoms with Crippen molar-refractivity contribution in [3.8, 4) is 0 Å². The van der Waals surface area contributed by atoms with E-state index >= 15 is 0 Å². The van der Waals surface area contributed by atoms with E-state index in [2.05, 4.69) is 0 Å². The molecule has 0 saturated heterocycles. The molecule has 0 aliphatic carbocycles. The number of nitrogens with zero attached hydrogens (tertiary/aromatic N) is 1. The summed E-state index contributed by atoms with van der Waals surface area (Å²) in [6, 6.07) is 2.44. The van der Waals surface area contributed by atoms with Gasteiger partial charge in [0.1, 0.15) is 10.6 Å². The van der Waals surface area contributed by atoms with Gasteiger partial charge in [-0.3, -0.25) is 14.9 Å². The molecule has 0 spiro atoms. The number of carbonyl (C=O) groups excluding carboxylic acids is 1. The van der Waals surface area contributed by atoms with E-state index in [1.54, 1.807) is 0 Å². The van der Waals surface area contributed by atoms with Gasteiger partial charge in [-0.2, -0.15) is 26.3 Å². The summed E-state index contributed by atoms with van der Waals surface area (Å²) in [5.74, 6) is -2.93. The Morgan fingerprint density at radius 3 is 2.03 bits per heavy atom. The van der Waals surface area contributed by atoms with Crippen molar-refractivity contribution in [3.05, 3.63) is 62.7 Å². The van der Waals surface area contributed by atoms with Crippen molar-refractivity contribution in [3.63, 3.8) is 0 Å². The standard InChI is InChI=1S/C16H9ClF6N2O5S/c17-10-3-1-8(15(18,19)20)5-11(10)24-14(26)7-31(29,30)13-4-2-9(16(21,22)23)6-12(13)25(27)28/h1-6H,7H2,(H,24,26). The van der Waals surface area contributed by atoms with Gasteiger partial charge in [0.05, 0.1) is 26.8 Å². The van der Waals surface area contributed by atoms with Crippen LogP contribution in [-0.4, -0.2) is 25.0 Å². The van der Waals surface area contributed by atoms with E-state index in [0.717, 1.165) is 6.07 Å². The van der Waals surface area contributed by atoms with Crippen molar-refractivity contribution in [2.75, 3.05) is 11.1 Å². The Labute approximate surface area is 174 Å². The third-order valence-electron chi connectivity index (χ3n) is 3.71. The van der Waals surface area contributed by atoms with Gasteiger partial charge in [-0.1, -0.05) is 11.6 Å². The number of nitro benzene ring substituents is 1. The van der Waals surface area contributed by atoms with Gasteiger partial charge in [0.15, 0.2) is 9.84 Å². The van der Waals surface area contributed by atoms with E-state index < -0.39 is 66.2 Å². The van der Waals surface area contributed by atoms with E-state index in [1.807, 2.05) is 5.32 Å². The number of amides is 1. The average Bonchev–Trinajstić information content (AvgIpc) is 2.60. The monoisotopic (exact) mass is 490 g/mol. The molecular weight excluding hydrogens is 482 g/mol. The lowest BCUT2D eigenvalue weighted by Crippen LogP contribution is -2.24. The highest BCUT2D eigenvalue weighted by Crippen LogP contribution is 2.36. The molecule has 2 aromatic rings. The van der Waals surface area contributed by atoms with Crippen LogP contribution in [0.25, 0.3) is 0 Å². The molecule has 0 unspecified atom stereocenters. The minimum atomic E-state index is -5.00. The summed E-state index contributed by atoms with van der Waals surface area (Å²) in [4.78, 5) is 20.5. The zero-order chi connectivity index (χ0) is 23.8. The molecule has 0 radical (unpaired) electrons. The summed E-state index contributed by atoms with van der Waals surface area (Å²) in [7, 11) is -4.86. The summed E-state index contributed by atoms with van der Waals surface area (Å²) < 4.78 is 101. The minimum Gasteiger partial charge on any atom is -0.324 e. The maximum absolute atomic E-state index is 12.8. The van der Waals surface area contributed by atoms with E-state index in [-0.39, 0.29) is 17.2 Å². The van der Waals surface area contributed by atoms with Crippen LogP contribution in [0.15, 0.2) is 41.3 Å². The number of sulfone groups is 1. The van der Waals surface area contributed by atoms with Crippen LogP contribution in [0, 0.1) is 10.1 Å². The van der Waals surface area contributed by atoms with Crippen molar-refractivity contribution in [2.24, 2.45) is 0 Å². The van der Waals surface area contributed by atoms with Gasteiger partial charge in [-0.15, -0.1) is 0 Å².